The Labute approximate surface area is 125 Å². The summed E-state index contributed by atoms with van der Waals surface area (Å²) in [6, 6.07) is 12.4. The molecule has 0 saturated carbocycles. The van der Waals surface area contributed by atoms with Gasteiger partial charge in [-0.15, -0.1) is 11.6 Å². The lowest BCUT2D eigenvalue weighted by Gasteiger charge is -2.11. The van der Waals surface area contributed by atoms with Gasteiger partial charge in [-0.25, -0.2) is 8.42 Å². The predicted octanol–water partition coefficient (Wildman–Crippen LogP) is 4.02. The van der Waals surface area contributed by atoms with Gasteiger partial charge in [-0.3, -0.25) is 0 Å². The van der Waals surface area contributed by atoms with E-state index in [9.17, 15) is 8.42 Å². The molecule has 0 spiro atoms. The monoisotopic (exact) mass is 308 g/mol. The summed E-state index contributed by atoms with van der Waals surface area (Å²) in [7, 11) is -3.31. The van der Waals surface area contributed by atoms with E-state index in [0.29, 0.717) is 10.8 Å². The van der Waals surface area contributed by atoms with E-state index in [2.05, 4.69) is 0 Å². The zero-order valence-corrected chi connectivity index (χ0v) is 13.1. The van der Waals surface area contributed by atoms with Gasteiger partial charge in [-0.1, -0.05) is 30.3 Å². The van der Waals surface area contributed by atoms with Crippen LogP contribution < -0.4 is 0 Å². The average molecular weight is 309 g/mol. The van der Waals surface area contributed by atoms with Crippen LogP contribution in [0.5, 0.6) is 0 Å². The highest BCUT2D eigenvalue weighted by molar-refractivity contribution is 7.90. The minimum atomic E-state index is -3.31. The van der Waals surface area contributed by atoms with Crippen molar-refractivity contribution in [3.05, 3.63) is 64.7 Å². The SMILES string of the molecule is Cc1cc(CS(=O)(=O)c2ccccc2)c(C)cc1CCl. The summed E-state index contributed by atoms with van der Waals surface area (Å²) in [5.74, 6) is 0.463. The molecule has 2 rings (SSSR count). The predicted molar refractivity (Wildman–Crippen MR) is 82.8 cm³/mol. The van der Waals surface area contributed by atoms with Crippen LogP contribution in [0.1, 0.15) is 22.3 Å². The van der Waals surface area contributed by atoms with Crippen LogP contribution in [0.2, 0.25) is 0 Å². The number of hydrogen-bond donors (Lipinski definition) is 0. The third-order valence-electron chi connectivity index (χ3n) is 3.39. The Hall–Kier alpha value is -1.32. The normalized spacial score (nSPS) is 11.6. The van der Waals surface area contributed by atoms with E-state index in [-0.39, 0.29) is 5.75 Å². The number of rotatable bonds is 4. The van der Waals surface area contributed by atoms with Gasteiger partial charge in [0, 0.05) is 5.88 Å². The second kappa shape index (κ2) is 5.98. The molecule has 0 saturated heterocycles. The molecule has 0 aliphatic carbocycles. The van der Waals surface area contributed by atoms with Crippen LogP contribution in [0.3, 0.4) is 0 Å². The molecule has 0 radical (unpaired) electrons. The molecule has 0 bridgehead atoms. The minimum Gasteiger partial charge on any atom is -0.223 e. The third kappa shape index (κ3) is 3.22. The van der Waals surface area contributed by atoms with Crippen molar-refractivity contribution < 1.29 is 8.42 Å². The Kier molecular flexibility index (Phi) is 4.51. The topological polar surface area (TPSA) is 34.1 Å². The largest absolute Gasteiger partial charge is 0.223 e. The van der Waals surface area contributed by atoms with Crippen LogP contribution >= 0.6 is 11.6 Å². The zero-order chi connectivity index (χ0) is 14.8. The van der Waals surface area contributed by atoms with Crippen LogP contribution in [-0.2, 0) is 21.5 Å². The first-order valence-corrected chi connectivity index (χ1v) is 8.55. The standard InChI is InChI=1S/C16H17ClO2S/c1-12-9-15(13(2)8-14(12)10-17)11-20(18,19)16-6-4-3-5-7-16/h3-9H,10-11H2,1-2H3. The highest BCUT2D eigenvalue weighted by Gasteiger charge is 2.16. The summed E-state index contributed by atoms with van der Waals surface area (Å²) in [4.78, 5) is 0.360. The van der Waals surface area contributed by atoms with Crippen molar-refractivity contribution in [2.75, 3.05) is 0 Å². The van der Waals surface area contributed by atoms with E-state index >= 15 is 0 Å². The smallest absolute Gasteiger partial charge is 0.182 e. The third-order valence-corrected chi connectivity index (χ3v) is 5.36. The molecular weight excluding hydrogens is 292 g/mol. The first-order chi connectivity index (χ1) is 9.44. The van der Waals surface area contributed by atoms with Crippen LogP contribution in [0.25, 0.3) is 0 Å². The summed E-state index contributed by atoms with van der Waals surface area (Å²) in [6.07, 6.45) is 0. The van der Waals surface area contributed by atoms with E-state index in [0.717, 1.165) is 22.3 Å². The number of benzene rings is 2. The van der Waals surface area contributed by atoms with Gasteiger partial charge in [-0.2, -0.15) is 0 Å². The van der Waals surface area contributed by atoms with Gasteiger partial charge >= 0.3 is 0 Å². The quantitative estimate of drug-likeness (QED) is 0.800. The van der Waals surface area contributed by atoms with Crippen molar-refractivity contribution in [3.8, 4) is 0 Å². The minimum absolute atomic E-state index is 0.0201. The lowest BCUT2D eigenvalue weighted by Crippen LogP contribution is -2.07. The Morgan fingerprint density at radius 2 is 1.50 bits per heavy atom. The number of alkyl halides is 1. The fourth-order valence-electron chi connectivity index (χ4n) is 2.15. The first kappa shape index (κ1) is 15.1. The van der Waals surface area contributed by atoms with Gasteiger partial charge in [0.15, 0.2) is 9.84 Å². The van der Waals surface area contributed by atoms with Crippen molar-refractivity contribution in [2.24, 2.45) is 0 Å². The molecule has 0 N–H and O–H groups in total. The van der Waals surface area contributed by atoms with Crippen molar-refractivity contribution in [2.45, 2.75) is 30.4 Å². The van der Waals surface area contributed by atoms with Crippen molar-refractivity contribution in [3.63, 3.8) is 0 Å². The summed E-state index contributed by atoms with van der Waals surface area (Å²) in [5, 5.41) is 0. The fraction of sp³-hybridized carbons (Fsp3) is 0.250. The summed E-state index contributed by atoms with van der Waals surface area (Å²) < 4.78 is 24.8. The maximum atomic E-state index is 12.4. The lowest BCUT2D eigenvalue weighted by molar-refractivity contribution is 0.595. The first-order valence-electron chi connectivity index (χ1n) is 6.37. The second-order valence-electron chi connectivity index (χ2n) is 4.91. The van der Waals surface area contributed by atoms with Crippen LogP contribution in [0, 0.1) is 13.8 Å². The molecule has 106 valence electrons. The maximum Gasteiger partial charge on any atom is 0.182 e. The van der Waals surface area contributed by atoms with Gasteiger partial charge in [0.1, 0.15) is 0 Å². The molecule has 0 aliphatic heterocycles. The molecular formula is C16H17ClO2S. The molecule has 0 amide bonds. The average Bonchev–Trinajstić information content (AvgIpc) is 2.43. The van der Waals surface area contributed by atoms with Crippen LogP contribution in [-0.4, -0.2) is 8.42 Å². The van der Waals surface area contributed by atoms with Crippen molar-refractivity contribution in [1.29, 1.82) is 0 Å². The Bertz CT molecular complexity index is 707. The molecule has 0 aliphatic rings. The molecule has 2 aromatic rings. The second-order valence-corrected chi connectivity index (χ2v) is 7.17. The van der Waals surface area contributed by atoms with Gasteiger partial charge in [0.2, 0.25) is 0 Å². The van der Waals surface area contributed by atoms with E-state index in [1.807, 2.05) is 32.0 Å². The molecule has 0 atom stereocenters. The number of hydrogen-bond acceptors (Lipinski definition) is 2. The van der Waals surface area contributed by atoms with E-state index in [1.54, 1.807) is 24.3 Å². The summed E-state index contributed by atoms with van der Waals surface area (Å²) in [6.45, 7) is 3.88. The van der Waals surface area contributed by atoms with E-state index < -0.39 is 9.84 Å². The lowest BCUT2D eigenvalue weighted by atomic mass is 10.0. The molecule has 2 aromatic carbocycles. The van der Waals surface area contributed by atoms with Crippen LogP contribution in [0.4, 0.5) is 0 Å². The number of sulfone groups is 1. The highest BCUT2D eigenvalue weighted by atomic mass is 35.5. The zero-order valence-electron chi connectivity index (χ0n) is 11.6. The fourth-order valence-corrected chi connectivity index (χ4v) is 3.90. The van der Waals surface area contributed by atoms with E-state index in [4.69, 9.17) is 11.6 Å². The van der Waals surface area contributed by atoms with Crippen molar-refractivity contribution >= 4 is 21.4 Å². The Morgan fingerprint density at radius 1 is 0.950 bits per heavy atom. The van der Waals surface area contributed by atoms with Crippen molar-refractivity contribution in [1.82, 2.24) is 0 Å². The molecule has 0 heterocycles. The number of halogens is 1. The molecule has 0 unspecified atom stereocenters. The molecule has 0 aromatic heterocycles. The van der Waals surface area contributed by atoms with Gasteiger partial charge in [0.05, 0.1) is 10.6 Å². The van der Waals surface area contributed by atoms with E-state index in [1.165, 1.54) is 0 Å². The Balaban J connectivity index is 2.38. The Morgan fingerprint density at radius 3 is 2.10 bits per heavy atom. The summed E-state index contributed by atoms with van der Waals surface area (Å²) >= 11 is 5.87. The molecule has 20 heavy (non-hydrogen) atoms. The molecule has 2 nitrogen and oxygen atoms in total. The molecule has 4 heteroatoms. The van der Waals surface area contributed by atoms with Crippen LogP contribution in [0.15, 0.2) is 47.4 Å². The van der Waals surface area contributed by atoms with Gasteiger partial charge in [-0.05, 0) is 48.2 Å². The maximum absolute atomic E-state index is 12.4. The highest BCUT2D eigenvalue weighted by Crippen LogP contribution is 2.22. The van der Waals surface area contributed by atoms with Gasteiger partial charge < -0.3 is 0 Å². The summed E-state index contributed by atoms with van der Waals surface area (Å²) in [5.41, 5.74) is 3.87. The van der Waals surface area contributed by atoms with Gasteiger partial charge in [0.25, 0.3) is 0 Å². The number of aryl methyl sites for hydroxylation is 2. The molecule has 0 fully saturated rings.